The minimum Gasteiger partial charge on any atom is -0.410 e. The number of benzene rings is 2. The van der Waals surface area contributed by atoms with Crippen molar-refractivity contribution in [3.8, 4) is 0 Å². The van der Waals surface area contributed by atoms with E-state index in [1.54, 1.807) is 12.3 Å². The summed E-state index contributed by atoms with van der Waals surface area (Å²) in [5.74, 6) is 0.162. The maximum atomic E-state index is 13.0. The van der Waals surface area contributed by atoms with Crippen LogP contribution in [0.15, 0.2) is 89.3 Å². The van der Waals surface area contributed by atoms with Crippen molar-refractivity contribution in [1.29, 1.82) is 0 Å². The Balaban J connectivity index is 1.86. The highest BCUT2D eigenvalue weighted by Crippen LogP contribution is 2.46. The second-order valence-electron chi connectivity index (χ2n) is 13.9. The molecule has 4 rings (SSSR count). The highest BCUT2D eigenvalue weighted by atomic mass is 35.5. The van der Waals surface area contributed by atoms with Gasteiger partial charge in [-0.1, -0.05) is 114 Å². The summed E-state index contributed by atoms with van der Waals surface area (Å²) in [6.45, 7) is 18.0. The monoisotopic (exact) mass is 639 g/mol. The Labute approximate surface area is 263 Å². The molecule has 1 aliphatic heterocycles. The summed E-state index contributed by atoms with van der Waals surface area (Å²) in [7, 11) is -5.24. The number of halogens is 1. The number of nitrogens with two attached hydrogens (primary N) is 1. The van der Waals surface area contributed by atoms with Gasteiger partial charge < -0.3 is 19.3 Å². The zero-order chi connectivity index (χ0) is 31.7. The summed E-state index contributed by atoms with van der Waals surface area (Å²) in [5.41, 5.74) is 5.73. The molecule has 1 saturated heterocycles. The average Bonchev–Trinajstić information content (AvgIpc) is 3.25. The summed E-state index contributed by atoms with van der Waals surface area (Å²) >= 11 is 6.37. The Hall–Kier alpha value is -2.54. The minimum absolute atomic E-state index is 0.0556. The Morgan fingerprint density at radius 2 is 1.56 bits per heavy atom. The Morgan fingerprint density at radius 3 is 2.02 bits per heavy atom. The quantitative estimate of drug-likeness (QED) is 0.280. The number of hydrogen-bond donors (Lipinski definition) is 1. The van der Waals surface area contributed by atoms with Crippen LogP contribution < -0.4 is 21.8 Å². The first-order valence-electron chi connectivity index (χ1n) is 14.8. The van der Waals surface area contributed by atoms with Gasteiger partial charge >= 0.3 is 5.69 Å². The van der Waals surface area contributed by atoms with E-state index in [1.165, 1.54) is 10.1 Å². The van der Waals surface area contributed by atoms with Gasteiger partial charge in [0.25, 0.3) is 8.32 Å². The first-order valence-corrected chi connectivity index (χ1v) is 20.0. The third-order valence-electron chi connectivity index (χ3n) is 9.00. The predicted molar refractivity (Wildman–Crippen MR) is 181 cm³/mol. The average molecular weight is 640 g/mol. The van der Waals surface area contributed by atoms with E-state index in [1.807, 2.05) is 18.2 Å². The molecule has 0 amide bonds. The maximum Gasteiger partial charge on any atom is 0.351 e. The molecule has 0 aliphatic carbocycles. The van der Waals surface area contributed by atoms with Crippen LogP contribution in [0, 0.1) is 0 Å². The SMILES string of the molecule is CC(C)(C)[Si](C)(C)O[C@H]1C[C@H](n2ccc(N)nc2=O)O[C@]1(/C=C/Cl)CO[Si](c1ccccc1)(c1ccccc1)C(C)(C)C. The molecule has 1 fully saturated rings. The van der Waals surface area contributed by atoms with Gasteiger partial charge in [0.1, 0.15) is 17.6 Å². The van der Waals surface area contributed by atoms with E-state index in [0.29, 0.717) is 6.42 Å². The van der Waals surface area contributed by atoms with Crippen LogP contribution in [0.2, 0.25) is 23.2 Å². The van der Waals surface area contributed by atoms with Crippen molar-refractivity contribution in [2.45, 2.75) is 89.1 Å². The normalized spacial score (nSPS) is 21.9. The van der Waals surface area contributed by atoms with E-state index in [4.69, 9.17) is 30.9 Å². The lowest BCUT2D eigenvalue weighted by Crippen LogP contribution is -2.68. The molecule has 2 aromatic carbocycles. The third kappa shape index (κ3) is 6.62. The fourth-order valence-electron chi connectivity index (χ4n) is 5.67. The lowest BCUT2D eigenvalue weighted by molar-refractivity contribution is -0.0916. The highest BCUT2D eigenvalue weighted by Gasteiger charge is 2.56. The first kappa shape index (κ1) is 33.4. The summed E-state index contributed by atoms with van der Waals surface area (Å²) < 4.78 is 22.8. The zero-order valence-corrected chi connectivity index (χ0v) is 29.4. The van der Waals surface area contributed by atoms with Crippen molar-refractivity contribution in [3.05, 3.63) is 95.0 Å². The molecule has 3 atom stereocenters. The van der Waals surface area contributed by atoms with Crippen molar-refractivity contribution in [1.82, 2.24) is 9.55 Å². The lowest BCUT2D eigenvalue weighted by atomic mass is 9.98. The Bertz CT molecular complexity index is 1430. The molecule has 2 N–H and O–H groups in total. The second-order valence-corrected chi connectivity index (χ2v) is 23.2. The lowest BCUT2D eigenvalue weighted by Gasteiger charge is -2.46. The topological polar surface area (TPSA) is 88.6 Å². The van der Waals surface area contributed by atoms with E-state index < -0.39 is 40.3 Å². The smallest absolute Gasteiger partial charge is 0.351 e. The van der Waals surface area contributed by atoms with Crippen molar-refractivity contribution >= 4 is 44.4 Å². The van der Waals surface area contributed by atoms with E-state index >= 15 is 0 Å². The summed E-state index contributed by atoms with van der Waals surface area (Å²) in [4.78, 5) is 16.9. The second kappa shape index (κ2) is 12.5. The number of rotatable bonds is 9. The summed E-state index contributed by atoms with van der Waals surface area (Å²) in [6.07, 6.45) is 2.80. The minimum atomic E-state index is -2.94. The Morgan fingerprint density at radius 1 is 1.00 bits per heavy atom. The van der Waals surface area contributed by atoms with E-state index in [9.17, 15) is 4.79 Å². The van der Waals surface area contributed by atoms with Crippen LogP contribution in [0.25, 0.3) is 0 Å². The van der Waals surface area contributed by atoms with Gasteiger partial charge in [0.2, 0.25) is 0 Å². The van der Waals surface area contributed by atoms with Gasteiger partial charge in [0.05, 0.1) is 12.7 Å². The molecule has 232 valence electrons. The molecule has 0 bridgehead atoms. The molecule has 0 unspecified atom stereocenters. The zero-order valence-electron chi connectivity index (χ0n) is 26.6. The number of hydrogen-bond acceptors (Lipinski definition) is 6. The van der Waals surface area contributed by atoms with Crippen LogP contribution >= 0.6 is 11.6 Å². The van der Waals surface area contributed by atoms with Crippen LogP contribution in [0.5, 0.6) is 0 Å². The molecule has 1 aliphatic rings. The Kier molecular flexibility index (Phi) is 9.66. The number of anilines is 1. The molecule has 10 heteroatoms. The van der Waals surface area contributed by atoms with Crippen LogP contribution in [-0.4, -0.2) is 44.5 Å². The molecular formula is C33H46ClN3O4Si2. The number of ether oxygens (including phenoxy) is 1. The molecule has 0 saturated carbocycles. The van der Waals surface area contributed by atoms with E-state index in [0.717, 1.165) is 10.4 Å². The maximum absolute atomic E-state index is 13.0. The van der Waals surface area contributed by atoms with Crippen molar-refractivity contribution in [2.75, 3.05) is 12.3 Å². The van der Waals surface area contributed by atoms with Crippen molar-refractivity contribution < 1.29 is 13.6 Å². The fraction of sp³-hybridized carbons (Fsp3) is 0.455. The van der Waals surface area contributed by atoms with Crippen LogP contribution in [-0.2, 0) is 13.6 Å². The number of aromatic nitrogens is 2. The van der Waals surface area contributed by atoms with Gasteiger partial charge in [-0.2, -0.15) is 4.98 Å². The molecule has 7 nitrogen and oxygen atoms in total. The van der Waals surface area contributed by atoms with Gasteiger partial charge in [-0.3, -0.25) is 4.57 Å². The van der Waals surface area contributed by atoms with Gasteiger partial charge in [-0.25, -0.2) is 4.79 Å². The van der Waals surface area contributed by atoms with Crippen LogP contribution in [0.1, 0.15) is 54.2 Å². The van der Waals surface area contributed by atoms with Gasteiger partial charge in [-0.15, -0.1) is 0 Å². The summed E-state index contributed by atoms with van der Waals surface area (Å²) in [6, 6.07) is 22.6. The standard InChI is InChI=1S/C33H46ClN3O4Si2/c1-31(2,3)42(7,8)41-27-23-29(37-22-19-28(35)36-30(37)38)40-33(27,20-21-34)24-39-43(32(4,5)6,25-15-11-9-12-16-25)26-17-13-10-14-18-26/h9-22,27,29H,23-24H2,1-8H3,(H2,35,36,38)/b21-20+/t27-,29+,33+/m0/s1. The van der Waals surface area contributed by atoms with Crippen molar-refractivity contribution in [2.24, 2.45) is 0 Å². The van der Waals surface area contributed by atoms with Crippen molar-refractivity contribution in [3.63, 3.8) is 0 Å². The van der Waals surface area contributed by atoms with Crippen LogP contribution in [0.3, 0.4) is 0 Å². The summed E-state index contributed by atoms with van der Waals surface area (Å²) in [5, 5.41) is 2.02. The van der Waals surface area contributed by atoms with E-state index in [-0.39, 0.29) is 22.5 Å². The fourth-order valence-corrected chi connectivity index (χ4v) is 11.8. The molecule has 2 heterocycles. The molecule has 1 aromatic heterocycles. The molecule has 0 spiro atoms. The number of nitrogens with zero attached hydrogens (tertiary/aromatic N) is 2. The number of nitrogen functional groups attached to an aromatic ring is 1. The molecule has 43 heavy (non-hydrogen) atoms. The third-order valence-corrected chi connectivity index (χ3v) is 18.6. The van der Waals surface area contributed by atoms with Gasteiger partial charge in [-0.05, 0) is 45.7 Å². The van der Waals surface area contributed by atoms with Gasteiger partial charge in [0.15, 0.2) is 8.32 Å². The molecule has 0 radical (unpaired) electrons. The predicted octanol–water partition coefficient (Wildman–Crippen LogP) is 6.20. The molecular weight excluding hydrogens is 594 g/mol. The highest BCUT2D eigenvalue weighted by molar-refractivity contribution is 6.99. The van der Waals surface area contributed by atoms with E-state index in [2.05, 4.69) is 108 Å². The first-order chi connectivity index (χ1) is 20.1. The van der Waals surface area contributed by atoms with Gasteiger partial charge in [0, 0.05) is 18.2 Å². The largest absolute Gasteiger partial charge is 0.410 e. The molecule has 3 aromatic rings. The van der Waals surface area contributed by atoms with Crippen LogP contribution in [0.4, 0.5) is 5.82 Å².